The molecule has 1 aliphatic heterocycles. The summed E-state index contributed by atoms with van der Waals surface area (Å²) in [6, 6.07) is 19.0. The fourth-order valence-corrected chi connectivity index (χ4v) is 3.68. The number of aryl methyl sites for hydroxylation is 1. The molecule has 27 heavy (non-hydrogen) atoms. The van der Waals surface area contributed by atoms with Crippen LogP contribution in [0.3, 0.4) is 0 Å². The molecule has 0 spiro atoms. The summed E-state index contributed by atoms with van der Waals surface area (Å²) in [4.78, 5) is 2.39. The van der Waals surface area contributed by atoms with E-state index in [2.05, 4.69) is 65.2 Å². The number of nitrogens with zero attached hydrogens (tertiary/aromatic N) is 2. The van der Waals surface area contributed by atoms with E-state index in [0.717, 1.165) is 31.1 Å². The van der Waals surface area contributed by atoms with Crippen LogP contribution in [-0.2, 0) is 11.3 Å². The Hall–Kier alpha value is -2.56. The van der Waals surface area contributed by atoms with Crippen LogP contribution < -0.4 is 4.74 Å². The third kappa shape index (κ3) is 3.92. The van der Waals surface area contributed by atoms with Gasteiger partial charge in [-0.15, -0.1) is 0 Å². The SMILES string of the molecule is CCOc1ccccc1-n1ccc([C@@H]2OCCN2Cc2cccc(C)c2)c1. The summed E-state index contributed by atoms with van der Waals surface area (Å²) < 4.78 is 14.0. The van der Waals surface area contributed by atoms with Crippen molar-refractivity contribution in [1.82, 2.24) is 9.47 Å². The molecule has 0 unspecified atom stereocenters. The van der Waals surface area contributed by atoms with Crippen LogP contribution in [0.15, 0.2) is 67.0 Å². The molecule has 0 radical (unpaired) electrons. The number of hydrogen-bond acceptors (Lipinski definition) is 3. The van der Waals surface area contributed by atoms with Crippen molar-refractivity contribution in [3.05, 3.63) is 83.7 Å². The molecule has 1 saturated heterocycles. The van der Waals surface area contributed by atoms with Crippen LogP contribution in [0.4, 0.5) is 0 Å². The van der Waals surface area contributed by atoms with Crippen molar-refractivity contribution in [3.8, 4) is 11.4 Å². The molecule has 0 amide bonds. The molecule has 2 aromatic carbocycles. The van der Waals surface area contributed by atoms with Crippen molar-refractivity contribution >= 4 is 0 Å². The van der Waals surface area contributed by atoms with E-state index in [-0.39, 0.29) is 6.23 Å². The van der Waals surface area contributed by atoms with Gasteiger partial charge in [-0.25, -0.2) is 0 Å². The lowest BCUT2D eigenvalue weighted by Crippen LogP contribution is -2.23. The first kappa shape index (κ1) is 17.8. The van der Waals surface area contributed by atoms with Gasteiger partial charge in [-0.3, -0.25) is 4.90 Å². The summed E-state index contributed by atoms with van der Waals surface area (Å²) in [5.74, 6) is 0.895. The molecule has 1 fully saturated rings. The maximum Gasteiger partial charge on any atom is 0.143 e. The zero-order valence-corrected chi connectivity index (χ0v) is 16.0. The average molecular weight is 362 g/mol. The van der Waals surface area contributed by atoms with Gasteiger partial charge in [-0.05, 0) is 37.6 Å². The molecule has 4 rings (SSSR count). The molecule has 0 N–H and O–H groups in total. The number of benzene rings is 2. The maximum atomic E-state index is 6.06. The van der Waals surface area contributed by atoms with Crippen LogP contribution >= 0.6 is 0 Å². The van der Waals surface area contributed by atoms with Crippen molar-refractivity contribution in [3.63, 3.8) is 0 Å². The van der Waals surface area contributed by atoms with Gasteiger partial charge in [0.25, 0.3) is 0 Å². The first-order valence-electron chi connectivity index (χ1n) is 9.56. The normalized spacial score (nSPS) is 17.3. The van der Waals surface area contributed by atoms with Crippen LogP contribution in [0.1, 0.15) is 29.8 Å². The summed E-state index contributed by atoms with van der Waals surface area (Å²) in [5, 5.41) is 0. The van der Waals surface area contributed by atoms with Gasteiger partial charge in [0.1, 0.15) is 12.0 Å². The van der Waals surface area contributed by atoms with Gasteiger partial charge < -0.3 is 14.0 Å². The minimum Gasteiger partial charge on any atom is -0.492 e. The van der Waals surface area contributed by atoms with Gasteiger partial charge in [-0.2, -0.15) is 0 Å². The Bertz CT molecular complexity index is 903. The summed E-state index contributed by atoms with van der Waals surface area (Å²) in [6.07, 6.45) is 4.22. The summed E-state index contributed by atoms with van der Waals surface area (Å²) in [5.41, 5.74) is 4.84. The third-order valence-corrected chi connectivity index (χ3v) is 4.90. The standard InChI is InChI=1S/C23H26N2O2/c1-3-26-22-10-5-4-9-21(22)24-12-11-20(17-24)23-25(13-14-27-23)16-19-8-6-7-18(2)15-19/h4-12,15,17,23H,3,13-14,16H2,1-2H3/t23-/m0/s1. The monoisotopic (exact) mass is 362 g/mol. The van der Waals surface area contributed by atoms with E-state index < -0.39 is 0 Å². The van der Waals surface area contributed by atoms with Gasteiger partial charge in [0.15, 0.2) is 0 Å². The van der Waals surface area contributed by atoms with Gasteiger partial charge in [0, 0.05) is 31.0 Å². The smallest absolute Gasteiger partial charge is 0.143 e. The molecule has 0 bridgehead atoms. The van der Waals surface area contributed by atoms with E-state index in [1.807, 2.05) is 25.1 Å². The minimum atomic E-state index is -0.00832. The molecule has 2 heterocycles. The zero-order chi connectivity index (χ0) is 18.6. The van der Waals surface area contributed by atoms with Crippen molar-refractivity contribution in [1.29, 1.82) is 0 Å². The first-order valence-corrected chi connectivity index (χ1v) is 9.56. The van der Waals surface area contributed by atoms with Crippen molar-refractivity contribution < 1.29 is 9.47 Å². The number of para-hydroxylation sites is 2. The van der Waals surface area contributed by atoms with E-state index in [1.54, 1.807) is 0 Å². The highest BCUT2D eigenvalue weighted by molar-refractivity contribution is 5.47. The molecular formula is C23H26N2O2. The lowest BCUT2D eigenvalue weighted by molar-refractivity contribution is 0.0288. The van der Waals surface area contributed by atoms with Gasteiger partial charge >= 0.3 is 0 Å². The Morgan fingerprint density at radius 1 is 1.11 bits per heavy atom. The fourth-order valence-electron chi connectivity index (χ4n) is 3.68. The number of rotatable bonds is 6. The molecule has 4 heteroatoms. The molecule has 3 aromatic rings. The zero-order valence-electron chi connectivity index (χ0n) is 16.0. The van der Waals surface area contributed by atoms with Crippen molar-refractivity contribution in [2.24, 2.45) is 0 Å². The second-order valence-electron chi connectivity index (χ2n) is 6.94. The summed E-state index contributed by atoms with van der Waals surface area (Å²) in [6.45, 7) is 7.40. The predicted octanol–water partition coefficient (Wildman–Crippen LogP) is 4.72. The van der Waals surface area contributed by atoms with Crippen molar-refractivity contribution in [2.75, 3.05) is 19.8 Å². The quantitative estimate of drug-likeness (QED) is 0.635. The van der Waals surface area contributed by atoms with Gasteiger partial charge in [0.05, 0.1) is 18.9 Å². The lowest BCUT2D eigenvalue weighted by Gasteiger charge is -2.22. The van der Waals surface area contributed by atoms with E-state index in [9.17, 15) is 0 Å². The van der Waals surface area contributed by atoms with Crippen LogP contribution in [0.5, 0.6) is 5.75 Å². The van der Waals surface area contributed by atoms with Crippen molar-refractivity contribution in [2.45, 2.75) is 26.6 Å². The second kappa shape index (κ2) is 7.99. The highest BCUT2D eigenvalue weighted by Crippen LogP contribution is 2.31. The number of ether oxygens (including phenoxy) is 2. The molecule has 0 saturated carbocycles. The fraction of sp³-hybridized carbons (Fsp3) is 0.304. The van der Waals surface area contributed by atoms with E-state index in [4.69, 9.17) is 9.47 Å². The topological polar surface area (TPSA) is 26.6 Å². The Balaban J connectivity index is 1.55. The van der Waals surface area contributed by atoms with Gasteiger partial charge in [0.2, 0.25) is 0 Å². The third-order valence-electron chi connectivity index (χ3n) is 4.90. The molecule has 1 aromatic heterocycles. The number of hydrogen-bond donors (Lipinski definition) is 0. The van der Waals surface area contributed by atoms with Crippen LogP contribution in [0, 0.1) is 6.92 Å². The number of aromatic nitrogens is 1. The Morgan fingerprint density at radius 3 is 2.85 bits per heavy atom. The van der Waals surface area contributed by atoms with Crippen LogP contribution in [-0.4, -0.2) is 29.2 Å². The summed E-state index contributed by atoms with van der Waals surface area (Å²) >= 11 is 0. The minimum absolute atomic E-state index is 0.00832. The molecule has 1 aliphatic rings. The van der Waals surface area contributed by atoms with Crippen LogP contribution in [0.2, 0.25) is 0 Å². The second-order valence-corrected chi connectivity index (χ2v) is 6.94. The van der Waals surface area contributed by atoms with Gasteiger partial charge in [-0.1, -0.05) is 42.0 Å². The Kier molecular flexibility index (Phi) is 5.28. The highest BCUT2D eigenvalue weighted by Gasteiger charge is 2.27. The molecule has 4 nitrogen and oxygen atoms in total. The molecule has 0 aliphatic carbocycles. The predicted molar refractivity (Wildman–Crippen MR) is 107 cm³/mol. The molecule has 140 valence electrons. The molecule has 1 atom stereocenters. The Morgan fingerprint density at radius 2 is 2.00 bits per heavy atom. The maximum absolute atomic E-state index is 6.06. The first-order chi connectivity index (χ1) is 13.2. The highest BCUT2D eigenvalue weighted by atomic mass is 16.5. The lowest BCUT2D eigenvalue weighted by atomic mass is 10.1. The van der Waals surface area contributed by atoms with Crippen LogP contribution in [0.25, 0.3) is 5.69 Å². The Labute approximate surface area is 161 Å². The summed E-state index contributed by atoms with van der Waals surface area (Å²) in [7, 11) is 0. The molecular weight excluding hydrogens is 336 g/mol. The van der Waals surface area contributed by atoms with E-state index >= 15 is 0 Å². The largest absolute Gasteiger partial charge is 0.492 e. The van der Waals surface area contributed by atoms with E-state index in [0.29, 0.717) is 6.61 Å². The average Bonchev–Trinajstić information content (AvgIpc) is 3.32. The van der Waals surface area contributed by atoms with E-state index in [1.165, 1.54) is 16.7 Å².